The molecule has 0 unspecified atom stereocenters. The highest BCUT2D eigenvalue weighted by Crippen LogP contribution is 2.45. The molecule has 116 valence electrons. The summed E-state index contributed by atoms with van der Waals surface area (Å²) in [6, 6.07) is 2.39. The highest BCUT2D eigenvalue weighted by molar-refractivity contribution is 7.22. The van der Waals surface area contributed by atoms with Crippen LogP contribution in [0.25, 0.3) is 10.2 Å². The molecular formula is C12H5Cl2F3N2OS2. The Balaban J connectivity index is 2.02. The molecule has 2 heterocycles. The van der Waals surface area contributed by atoms with Crippen molar-refractivity contribution in [2.24, 2.45) is 0 Å². The first-order valence-corrected chi connectivity index (χ1v) is 8.08. The van der Waals surface area contributed by atoms with Crippen molar-refractivity contribution in [1.82, 2.24) is 4.98 Å². The number of nitrogens with zero attached hydrogens (tertiary/aromatic N) is 1. The van der Waals surface area contributed by atoms with Gasteiger partial charge in [-0.15, -0.1) is 11.3 Å². The summed E-state index contributed by atoms with van der Waals surface area (Å²) in [5.41, 5.74) is 5.32. The molecule has 0 amide bonds. The standard InChI is InChI=1S/C12H5Cl2F3N2OS2/c13-5-2-6-10(22-11(18)19-6)8(14)9(5)20-7-1-4(3-21-7)12(15,16)17/h1-3H,(H2,18,19). The van der Waals surface area contributed by atoms with Crippen molar-refractivity contribution < 1.29 is 17.9 Å². The Morgan fingerprint density at radius 1 is 1.23 bits per heavy atom. The van der Waals surface area contributed by atoms with E-state index in [0.717, 1.165) is 34.1 Å². The average molecular weight is 385 g/mol. The second-order valence-corrected chi connectivity index (χ2v) is 6.85. The fourth-order valence-electron chi connectivity index (χ4n) is 1.71. The maximum Gasteiger partial charge on any atom is 0.417 e. The van der Waals surface area contributed by atoms with Gasteiger partial charge in [0.2, 0.25) is 0 Å². The van der Waals surface area contributed by atoms with Crippen molar-refractivity contribution >= 4 is 61.2 Å². The van der Waals surface area contributed by atoms with Gasteiger partial charge >= 0.3 is 6.18 Å². The van der Waals surface area contributed by atoms with Gasteiger partial charge in [0.1, 0.15) is 5.02 Å². The minimum absolute atomic E-state index is 0.0352. The summed E-state index contributed by atoms with van der Waals surface area (Å²) in [6.45, 7) is 0. The van der Waals surface area contributed by atoms with E-state index in [9.17, 15) is 13.2 Å². The van der Waals surface area contributed by atoms with Crippen LogP contribution < -0.4 is 10.5 Å². The van der Waals surface area contributed by atoms with E-state index in [1.54, 1.807) is 0 Å². The van der Waals surface area contributed by atoms with Gasteiger partial charge in [0.05, 0.1) is 20.8 Å². The molecule has 0 saturated carbocycles. The van der Waals surface area contributed by atoms with Crippen molar-refractivity contribution in [2.75, 3.05) is 5.73 Å². The Hall–Kier alpha value is -1.22. The first-order chi connectivity index (χ1) is 10.3. The van der Waals surface area contributed by atoms with E-state index in [2.05, 4.69) is 4.98 Å². The fourth-order valence-corrected chi connectivity index (χ4v) is 3.86. The number of anilines is 1. The predicted octanol–water partition coefficient (Wildman–Crippen LogP) is 6.06. The van der Waals surface area contributed by atoms with Crippen LogP contribution in [-0.2, 0) is 6.18 Å². The Bertz CT molecular complexity index is 860. The van der Waals surface area contributed by atoms with Crippen LogP contribution in [0.1, 0.15) is 5.56 Å². The number of alkyl halides is 3. The number of hydrogen-bond acceptors (Lipinski definition) is 5. The molecule has 3 nitrogen and oxygen atoms in total. The normalized spacial score (nSPS) is 12.0. The van der Waals surface area contributed by atoms with Gasteiger partial charge in [0.25, 0.3) is 0 Å². The lowest BCUT2D eigenvalue weighted by molar-refractivity contribution is -0.137. The molecule has 3 aromatic rings. The SMILES string of the molecule is Nc1nc2cc(Cl)c(Oc3cc(C(F)(F)F)cs3)c(Cl)c2s1. The number of thiophene rings is 1. The molecular weight excluding hydrogens is 380 g/mol. The van der Waals surface area contributed by atoms with Crippen LogP contribution in [0.3, 0.4) is 0 Å². The van der Waals surface area contributed by atoms with E-state index in [1.807, 2.05) is 0 Å². The monoisotopic (exact) mass is 384 g/mol. The van der Waals surface area contributed by atoms with Gasteiger partial charge in [-0.25, -0.2) is 4.98 Å². The first-order valence-electron chi connectivity index (χ1n) is 5.63. The maximum atomic E-state index is 12.6. The largest absolute Gasteiger partial charge is 0.443 e. The number of ether oxygens (including phenoxy) is 1. The fraction of sp³-hybridized carbons (Fsp3) is 0.0833. The number of halogens is 5. The number of rotatable bonds is 2. The molecule has 2 aromatic heterocycles. The third-order valence-corrected chi connectivity index (χ3v) is 5.13. The third-order valence-electron chi connectivity index (χ3n) is 2.65. The number of thiazole rings is 1. The summed E-state index contributed by atoms with van der Waals surface area (Å²) in [6.07, 6.45) is -4.43. The van der Waals surface area contributed by atoms with Crippen LogP contribution in [-0.4, -0.2) is 4.98 Å². The summed E-state index contributed by atoms with van der Waals surface area (Å²) < 4.78 is 43.8. The van der Waals surface area contributed by atoms with Gasteiger partial charge in [0.15, 0.2) is 15.9 Å². The lowest BCUT2D eigenvalue weighted by atomic mass is 10.3. The highest BCUT2D eigenvalue weighted by atomic mass is 35.5. The summed E-state index contributed by atoms with van der Waals surface area (Å²) in [4.78, 5) is 4.05. The van der Waals surface area contributed by atoms with Gasteiger partial charge < -0.3 is 10.5 Å². The number of benzene rings is 1. The van der Waals surface area contributed by atoms with Crippen molar-refractivity contribution in [3.8, 4) is 10.8 Å². The highest BCUT2D eigenvalue weighted by Gasteiger charge is 2.32. The number of nitrogens with two attached hydrogens (primary N) is 1. The Morgan fingerprint density at radius 2 is 1.95 bits per heavy atom. The summed E-state index contributed by atoms with van der Waals surface area (Å²) >= 11 is 14.2. The Labute approximate surface area is 140 Å². The van der Waals surface area contributed by atoms with Gasteiger partial charge in [-0.1, -0.05) is 34.5 Å². The second kappa shape index (κ2) is 5.45. The average Bonchev–Trinajstić information content (AvgIpc) is 3.00. The molecule has 10 heteroatoms. The van der Waals surface area contributed by atoms with Crippen LogP contribution in [0.15, 0.2) is 17.5 Å². The quantitative estimate of drug-likeness (QED) is 0.584. The molecule has 0 bridgehead atoms. The topological polar surface area (TPSA) is 48.1 Å². The van der Waals surface area contributed by atoms with Gasteiger partial charge in [-0.05, 0) is 6.07 Å². The second-order valence-electron chi connectivity index (χ2n) is 4.16. The third kappa shape index (κ3) is 2.83. The summed E-state index contributed by atoms with van der Waals surface area (Å²) in [5, 5.41) is 1.61. The van der Waals surface area contributed by atoms with Gasteiger partial charge in [-0.3, -0.25) is 0 Å². The summed E-state index contributed by atoms with van der Waals surface area (Å²) in [7, 11) is 0. The maximum absolute atomic E-state index is 12.6. The number of hydrogen-bond donors (Lipinski definition) is 1. The zero-order chi connectivity index (χ0) is 16.1. The van der Waals surface area contributed by atoms with E-state index in [4.69, 9.17) is 33.7 Å². The smallest absolute Gasteiger partial charge is 0.417 e. The van der Waals surface area contributed by atoms with Crippen molar-refractivity contribution in [2.45, 2.75) is 6.18 Å². The zero-order valence-electron chi connectivity index (χ0n) is 10.4. The molecule has 0 aliphatic heterocycles. The van der Waals surface area contributed by atoms with E-state index >= 15 is 0 Å². The molecule has 22 heavy (non-hydrogen) atoms. The van der Waals surface area contributed by atoms with Gasteiger partial charge in [0, 0.05) is 11.4 Å². The minimum Gasteiger partial charge on any atom is -0.443 e. The zero-order valence-corrected chi connectivity index (χ0v) is 13.5. The van der Waals surface area contributed by atoms with E-state index < -0.39 is 11.7 Å². The summed E-state index contributed by atoms with van der Waals surface area (Å²) in [5.74, 6) is 0.0788. The van der Waals surface area contributed by atoms with E-state index in [1.165, 1.54) is 6.07 Å². The lowest BCUT2D eigenvalue weighted by Gasteiger charge is -2.08. The molecule has 1 aromatic carbocycles. The number of aromatic nitrogens is 1. The molecule has 0 spiro atoms. The van der Waals surface area contributed by atoms with Gasteiger partial charge in [-0.2, -0.15) is 13.2 Å². The molecule has 0 aliphatic rings. The number of nitrogen functional groups attached to an aromatic ring is 1. The lowest BCUT2D eigenvalue weighted by Crippen LogP contribution is -2.01. The Kier molecular flexibility index (Phi) is 3.88. The van der Waals surface area contributed by atoms with Crippen LogP contribution in [0, 0.1) is 0 Å². The predicted molar refractivity (Wildman–Crippen MR) is 83.4 cm³/mol. The molecule has 3 rings (SSSR count). The molecule has 0 radical (unpaired) electrons. The Morgan fingerprint density at radius 3 is 2.59 bits per heavy atom. The molecule has 0 fully saturated rings. The van der Waals surface area contributed by atoms with Crippen molar-refractivity contribution in [3.05, 3.63) is 33.1 Å². The van der Waals surface area contributed by atoms with E-state index in [-0.39, 0.29) is 20.9 Å². The molecule has 0 aliphatic carbocycles. The van der Waals surface area contributed by atoms with Crippen LogP contribution in [0.5, 0.6) is 10.8 Å². The number of fused-ring (bicyclic) bond motifs is 1. The first kappa shape index (κ1) is 15.7. The van der Waals surface area contributed by atoms with Crippen LogP contribution >= 0.6 is 45.9 Å². The van der Waals surface area contributed by atoms with E-state index in [0.29, 0.717) is 15.3 Å². The van der Waals surface area contributed by atoms with Crippen molar-refractivity contribution in [1.29, 1.82) is 0 Å². The molecule has 0 atom stereocenters. The van der Waals surface area contributed by atoms with Crippen LogP contribution in [0.4, 0.5) is 18.3 Å². The van der Waals surface area contributed by atoms with Crippen LogP contribution in [0.2, 0.25) is 10.0 Å². The van der Waals surface area contributed by atoms with Crippen molar-refractivity contribution in [3.63, 3.8) is 0 Å². The minimum atomic E-state index is -4.43. The molecule has 0 saturated heterocycles. The molecule has 2 N–H and O–H groups in total.